The average molecular weight is 316 g/mol. The van der Waals surface area contributed by atoms with Gasteiger partial charge in [-0.3, -0.25) is 9.59 Å². The molecule has 1 aromatic carbocycles. The van der Waals surface area contributed by atoms with Crippen molar-refractivity contribution in [3.05, 3.63) is 29.8 Å². The standard InChI is InChI=1S/C18H24N2O3/c21-17(20-11-7-14-4-1-2-5-16(14)20)6-3-10-19-18(22)15-8-12-23-13-9-15/h1-2,4-5,15H,3,6-13H2,(H,19,22). The second kappa shape index (κ2) is 7.59. The largest absolute Gasteiger partial charge is 0.381 e. The molecule has 2 amide bonds. The van der Waals surface area contributed by atoms with Crippen LogP contribution in [0.2, 0.25) is 0 Å². The summed E-state index contributed by atoms with van der Waals surface area (Å²) in [6.45, 7) is 2.68. The van der Waals surface area contributed by atoms with Crippen molar-refractivity contribution < 1.29 is 14.3 Å². The second-order valence-electron chi connectivity index (χ2n) is 6.21. The average Bonchev–Trinajstić information content (AvgIpc) is 3.03. The van der Waals surface area contributed by atoms with Crippen molar-refractivity contribution in [2.75, 3.05) is 31.2 Å². The van der Waals surface area contributed by atoms with Crippen LogP contribution in [0.4, 0.5) is 5.69 Å². The summed E-state index contributed by atoms with van der Waals surface area (Å²) in [5, 5.41) is 2.95. The van der Waals surface area contributed by atoms with E-state index in [1.54, 1.807) is 0 Å². The van der Waals surface area contributed by atoms with Gasteiger partial charge in [0.1, 0.15) is 0 Å². The van der Waals surface area contributed by atoms with E-state index in [0.29, 0.717) is 32.6 Å². The molecule has 23 heavy (non-hydrogen) atoms. The van der Waals surface area contributed by atoms with E-state index >= 15 is 0 Å². The van der Waals surface area contributed by atoms with Crippen molar-refractivity contribution in [2.45, 2.75) is 32.1 Å². The van der Waals surface area contributed by atoms with Gasteiger partial charge in [0, 0.05) is 44.3 Å². The van der Waals surface area contributed by atoms with Gasteiger partial charge < -0.3 is 15.0 Å². The van der Waals surface area contributed by atoms with E-state index in [-0.39, 0.29) is 17.7 Å². The van der Waals surface area contributed by atoms with E-state index in [4.69, 9.17) is 4.74 Å². The Morgan fingerprint density at radius 2 is 2.00 bits per heavy atom. The lowest BCUT2D eigenvalue weighted by molar-refractivity contribution is -0.128. The Morgan fingerprint density at radius 1 is 1.22 bits per heavy atom. The molecular formula is C18H24N2O3. The molecule has 0 atom stereocenters. The number of nitrogens with one attached hydrogen (secondary N) is 1. The maximum absolute atomic E-state index is 12.4. The summed E-state index contributed by atoms with van der Waals surface area (Å²) in [7, 11) is 0. The fourth-order valence-corrected chi connectivity index (χ4v) is 3.29. The monoisotopic (exact) mass is 316 g/mol. The number of para-hydroxylation sites is 1. The van der Waals surface area contributed by atoms with Gasteiger partial charge in [-0.25, -0.2) is 0 Å². The molecule has 1 fully saturated rings. The molecule has 1 saturated heterocycles. The lowest BCUT2D eigenvalue weighted by atomic mass is 9.99. The molecule has 5 nitrogen and oxygen atoms in total. The number of benzene rings is 1. The highest BCUT2D eigenvalue weighted by Gasteiger charge is 2.24. The van der Waals surface area contributed by atoms with Crippen molar-refractivity contribution in [3.63, 3.8) is 0 Å². The third-order valence-electron chi connectivity index (χ3n) is 4.65. The first-order valence-electron chi connectivity index (χ1n) is 8.49. The highest BCUT2D eigenvalue weighted by Crippen LogP contribution is 2.28. The molecule has 0 aliphatic carbocycles. The van der Waals surface area contributed by atoms with Crippen LogP contribution in [0.3, 0.4) is 0 Å². The highest BCUT2D eigenvalue weighted by atomic mass is 16.5. The molecule has 0 unspecified atom stereocenters. The molecule has 0 radical (unpaired) electrons. The Kier molecular flexibility index (Phi) is 5.28. The Balaban J connectivity index is 1.39. The Labute approximate surface area is 137 Å². The summed E-state index contributed by atoms with van der Waals surface area (Å²) < 4.78 is 5.26. The third-order valence-corrected chi connectivity index (χ3v) is 4.65. The molecule has 5 heteroatoms. The minimum absolute atomic E-state index is 0.0740. The second-order valence-corrected chi connectivity index (χ2v) is 6.21. The van der Waals surface area contributed by atoms with Crippen LogP contribution in [-0.4, -0.2) is 38.1 Å². The maximum Gasteiger partial charge on any atom is 0.227 e. The van der Waals surface area contributed by atoms with Gasteiger partial charge in [-0.1, -0.05) is 18.2 Å². The summed E-state index contributed by atoms with van der Waals surface area (Å²) >= 11 is 0. The lowest BCUT2D eigenvalue weighted by Crippen LogP contribution is -2.35. The number of ether oxygens (including phenoxy) is 1. The molecule has 0 saturated carbocycles. The van der Waals surface area contributed by atoms with Gasteiger partial charge in [-0.2, -0.15) is 0 Å². The van der Waals surface area contributed by atoms with E-state index in [9.17, 15) is 9.59 Å². The van der Waals surface area contributed by atoms with Crippen LogP contribution in [0, 0.1) is 5.92 Å². The number of rotatable bonds is 5. The zero-order chi connectivity index (χ0) is 16.1. The number of anilines is 1. The van der Waals surface area contributed by atoms with Crippen LogP contribution in [0.1, 0.15) is 31.2 Å². The molecule has 1 N–H and O–H groups in total. The summed E-state index contributed by atoms with van der Waals surface area (Å²) in [6.07, 6.45) is 3.70. The number of carbonyl (C=O) groups excluding carboxylic acids is 2. The number of carbonyl (C=O) groups is 2. The van der Waals surface area contributed by atoms with Crippen molar-refractivity contribution in [1.29, 1.82) is 0 Å². The first kappa shape index (κ1) is 16.0. The van der Waals surface area contributed by atoms with Gasteiger partial charge in [-0.15, -0.1) is 0 Å². The van der Waals surface area contributed by atoms with Crippen LogP contribution >= 0.6 is 0 Å². The summed E-state index contributed by atoms with van der Waals surface area (Å²) in [6, 6.07) is 8.07. The van der Waals surface area contributed by atoms with Crippen LogP contribution in [0.15, 0.2) is 24.3 Å². The zero-order valence-electron chi connectivity index (χ0n) is 13.4. The van der Waals surface area contributed by atoms with E-state index in [1.807, 2.05) is 23.1 Å². The highest BCUT2D eigenvalue weighted by molar-refractivity contribution is 5.95. The van der Waals surface area contributed by atoms with E-state index in [2.05, 4.69) is 11.4 Å². The molecule has 124 valence electrons. The molecule has 0 spiro atoms. The minimum Gasteiger partial charge on any atom is -0.381 e. The van der Waals surface area contributed by atoms with E-state index < -0.39 is 0 Å². The quantitative estimate of drug-likeness (QED) is 0.844. The summed E-state index contributed by atoms with van der Waals surface area (Å²) in [5.74, 6) is 0.326. The van der Waals surface area contributed by atoms with Gasteiger partial charge >= 0.3 is 0 Å². The predicted molar refractivity (Wildman–Crippen MR) is 88.3 cm³/mol. The van der Waals surface area contributed by atoms with Gasteiger partial charge in [0.15, 0.2) is 0 Å². The number of hydrogen-bond donors (Lipinski definition) is 1. The van der Waals surface area contributed by atoms with Crippen molar-refractivity contribution in [1.82, 2.24) is 5.32 Å². The molecule has 1 aromatic rings. The van der Waals surface area contributed by atoms with Gasteiger partial charge in [0.05, 0.1) is 0 Å². The molecule has 0 bridgehead atoms. The molecule has 3 rings (SSSR count). The topological polar surface area (TPSA) is 58.6 Å². The Morgan fingerprint density at radius 3 is 2.83 bits per heavy atom. The van der Waals surface area contributed by atoms with Crippen LogP contribution in [0.5, 0.6) is 0 Å². The predicted octanol–water partition coefficient (Wildman–Crippen LogP) is 1.90. The molecule has 2 aliphatic heterocycles. The van der Waals surface area contributed by atoms with Gasteiger partial charge in [0.25, 0.3) is 0 Å². The van der Waals surface area contributed by atoms with Crippen molar-refractivity contribution in [3.8, 4) is 0 Å². The summed E-state index contributed by atoms with van der Waals surface area (Å²) in [4.78, 5) is 26.2. The number of hydrogen-bond acceptors (Lipinski definition) is 3. The number of fused-ring (bicyclic) bond motifs is 1. The SMILES string of the molecule is O=C(NCCCC(=O)N1CCc2ccccc21)C1CCOCC1. The fourth-order valence-electron chi connectivity index (χ4n) is 3.29. The maximum atomic E-state index is 12.4. The first-order chi connectivity index (χ1) is 11.3. The van der Waals surface area contributed by atoms with Gasteiger partial charge in [-0.05, 0) is 37.3 Å². The Hall–Kier alpha value is -1.88. The van der Waals surface area contributed by atoms with Crippen LogP contribution in [-0.2, 0) is 20.7 Å². The number of nitrogens with zero attached hydrogens (tertiary/aromatic N) is 1. The molecule has 2 aliphatic rings. The van der Waals surface area contributed by atoms with Crippen molar-refractivity contribution >= 4 is 17.5 Å². The molecular weight excluding hydrogens is 292 g/mol. The Bertz CT molecular complexity index is 567. The van der Waals surface area contributed by atoms with Crippen LogP contribution in [0.25, 0.3) is 0 Å². The molecule has 2 heterocycles. The third kappa shape index (κ3) is 3.91. The normalized spacial score (nSPS) is 17.8. The fraction of sp³-hybridized carbons (Fsp3) is 0.556. The first-order valence-corrected chi connectivity index (χ1v) is 8.49. The van der Waals surface area contributed by atoms with Crippen LogP contribution < -0.4 is 10.2 Å². The van der Waals surface area contributed by atoms with Crippen molar-refractivity contribution in [2.24, 2.45) is 5.92 Å². The number of amides is 2. The van der Waals surface area contributed by atoms with Gasteiger partial charge in [0.2, 0.25) is 11.8 Å². The van der Waals surface area contributed by atoms with E-state index in [0.717, 1.165) is 31.5 Å². The molecule has 0 aromatic heterocycles. The zero-order valence-corrected chi connectivity index (χ0v) is 13.4. The summed E-state index contributed by atoms with van der Waals surface area (Å²) in [5.41, 5.74) is 2.29. The lowest BCUT2D eigenvalue weighted by Gasteiger charge is -2.21. The smallest absolute Gasteiger partial charge is 0.227 e. The minimum atomic E-state index is 0.0740. The van der Waals surface area contributed by atoms with E-state index in [1.165, 1.54) is 5.56 Å².